The lowest BCUT2D eigenvalue weighted by Gasteiger charge is -2.08. The van der Waals surface area contributed by atoms with Crippen LogP contribution in [0.15, 0.2) is 29.2 Å². The van der Waals surface area contributed by atoms with Crippen molar-refractivity contribution in [3.8, 4) is 0 Å². The van der Waals surface area contributed by atoms with Crippen LogP contribution in [-0.4, -0.2) is 40.7 Å². The number of hydrogen-bond acceptors (Lipinski definition) is 4. The Bertz CT molecular complexity index is 517. The van der Waals surface area contributed by atoms with Crippen LogP contribution >= 0.6 is 12.4 Å². The van der Waals surface area contributed by atoms with E-state index >= 15 is 0 Å². The second-order valence-corrected chi connectivity index (χ2v) is 5.97. The average Bonchev–Trinajstić information content (AvgIpc) is 2.33. The Labute approximate surface area is 120 Å². The second kappa shape index (κ2) is 8.14. The maximum Gasteiger partial charge on any atom is 0.252 e. The van der Waals surface area contributed by atoms with E-state index in [1.807, 2.05) is 7.05 Å². The van der Waals surface area contributed by atoms with E-state index in [1.165, 1.54) is 12.1 Å². The van der Waals surface area contributed by atoms with Crippen LogP contribution in [-0.2, 0) is 9.84 Å². The van der Waals surface area contributed by atoms with E-state index in [2.05, 4.69) is 10.6 Å². The Hall–Kier alpha value is -1.11. The third-order valence-electron chi connectivity index (χ3n) is 2.42. The molecule has 0 atom stereocenters. The van der Waals surface area contributed by atoms with Crippen molar-refractivity contribution in [1.29, 1.82) is 0 Å². The van der Waals surface area contributed by atoms with Gasteiger partial charge >= 0.3 is 0 Å². The number of nitrogens with one attached hydrogen (secondary N) is 2. The largest absolute Gasteiger partial charge is 0.352 e. The molecule has 0 heterocycles. The van der Waals surface area contributed by atoms with Crippen LogP contribution in [0, 0.1) is 0 Å². The molecule has 108 valence electrons. The summed E-state index contributed by atoms with van der Waals surface area (Å²) in [6.07, 6.45) is 1.89. The molecule has 0 bridgehead atoms. The quantitative estimate of drug-likeness (QED) is 0.764. The summed E-state index contributed by atoms with van der Waals surface area (Å²) in [5.74, 6) is -0.355. The van der Waals surface area contributed by atoms with Gasteiger partial charge in [0.05, 0.1) is 10.5 Å². The van der Waals surface area contributed by atoms with Crippen LogP contribution in [0.3, 0.4) is 0 Å². The van der Waals surface area contributed by atoms with E-state index in [1.54, 1.807) is 12.1 Å². The highest BCUT2D eigenvalue weighted by molar-refractivity contribution is 7.90. The minimum atomic E-state index is -3.39. The zero-order valence-corrected chi connectivity index (χ0v) is 12.6. The van der Waals surface area contributed by atoms with Gasteiger partial charge in [-0.3, -0.25) is 4.79 Å². The van der Waals surface area contributed by atoms with E-state index in [4.69, 9.17) is 0 Å². The number of amides is 1. The fourth-order valence-corrected chi connectivity index (χ4v) is 2.43. The van der Waals surface area contributed by atoms with E-state index in [9.17, 15) is 13.2 Å². The molecular weight excluding hydrogens is 288 g/mol. The minimum Gasteiger partial charge on any atom is -0.352 e. The molecule has 19 heavy (non-hydrogen) atoms. The molecule has 1 aromatic rings. The first-order valence-electron chi connectivity index (χ1n) is 5.68. The number of hydrogen-bond donors (Lipinski definition) is 2. The molecule has 7 heteroatoms. The van der Waals surface area contributed by atoms with Crippen molar-refractivity contribution >= 4 is 28.2 Å². The molecule has 0 unspecified atom stereocenters. The van der Waals surface area contributed by atoms with Crippen molar-refractivity contribution in [1.82, 2.24) is 10.6 Å². The molecule has 1 aromatic carbocycles. The predicted octanol–water partition coefficient (Wildman–Crippen LogP) is 0.851. The molecular formula is C12H19ClN2O3S. The van der Waals surface area contributed by atoms with Crippen molar-refractivity contribution in [2.75, 3.05) is 26.4 Å². The summed E-state index contributed by atoms with van der Waals surface area (Å²) in [4.78, 5) is 11.9. The Kier molecular flexibility index (Phi) is 7.66. The van der Waals surface area contributed by atoms with E-state index < -0.39 is 9.84 Å². The molecule has 0 saturated carbocycles. The number of carbonyl (C=O) groups excluding carboxylic acids is 1. The monoisotopic (exact) mass is 306 g/mol. The van der Waals surface area contributed by atoms with Crippen LogP contribution in [0.25, 0.3) is 0 Å². The van der Waals surface area contributed by atoms with Gasteiger partial charge < -0.3 is 10.6 Å². The zero-order chi connectivity index (χ0) is 13.6. The molecule has 2 N–H and O–H groups in total. The van der Waals surface area contributed by atoms with E-state index in [0.717, 1.165) is 19.2 Å². The summed E-state index contributed by atoms with van der Waals surface area (Å²) in [5.41, 5.74) is 0.199. The van der Waals surface area contributed by atoms with Crippen LogP contribution in [0.2, 0.25) is 0 Å². The fourth-order valence-electron chi connectivity index (χ4n) is 1.54. The molecule has 0 aliphatic carbocycles. The summed E-state index contributed by atoms with van der Waals surface area (Å²) < 4.78 is 23.1. The van der Waals surface area contributed by atoms with Gasteiger partial charge in [-0.15, -0.1) is 12.4 Å². The van der Waals surface area contributed by atoms with Crippen molar-refractivity contribution in [3.05, 3.63) is 29.8 Å². The lowest BCUT2D eigenvalue weighted by Crippen LogP contribution is -2.27. The third-order valence-corrected chi connectivity index (χ3v) is 3.58. The standard InChI is InChI=1S/C12H18N2O3S.ClH/c1-13-8-5-9-14-12(15)10-6-3-4-7-11(10)18(2,16)17;/h3-4,6-7,13H,5,8-9H2,1-2H3,(H,14,15);1H. The predicted molar refractivity (Wildman–Crippen MR) is 77.7 cm³/mol. The second-order valence-electron chi connectivity index (χ2n) is 3.98. The highest BCUT2D eigenvalue weighted by Crippen LogP contribution is 2.14. The summed E-state index contributed by atoms with van der Waals surface area (Å²) in [5, 5.41) is 5.67. The fraction of sp³-hybridized carbons (Fsp3) is 0.417. The first-order chi connectivity index (χ1) is 8.46. The number of benzene rings is 1. The maximum absolute atomic E-state index is 11.9. The van der Waals surface area contributed by atoms with Gasteiger partial charge in [-0.05, 0) is 32.1 Å². The first-order valence-corrected chi connectivity index (χ1v) is 7.58. The Morgan fingerprint density at radius 2 is 1.84 bits per heavy atom. The van der Waals surface area contributed by atoms with Crippen molar-refractivity contribution < 1.29 is 13.2 Å². The van der Waals surface area contributed by atoms with Crippen LogP contribution < -0.4 is 10.6 Å². The summed E-state index contributed by atoms with van der Waals surface area (Å²) in [6, 6.07) is 6.22. The van der Waals surface area contributed by atoms with Crippen LogP contribution in [0.1, 0.15) is 16.8 Å². The number of sulfone groups is 1. The molecule has 0 fully saturated rings. The van der Waals surface area contributed by atoms with Gasteiger partial charge in [0, 0.05) is 12.8 Å². The molecule has 5 nitrogen and oxygen atoms in total. The first kappa shape index (κ1) is 17.9. The van der Waals surface area contributed by atoms with Crippen LogP contribution in [0.5, 0.6) is 0 Å². The lowest BCUT2D eigenvalue weighted by atomic mass is 10.2. The Morgan fingerprint density at radius 1 is 1.21 bits per heavy atom. The molecule has 0 aliphatic rings. The maximum atomic E-state index is 11.9. The summed E-state index contributed by atoms with van der Waals surface area (Å²) >= 11 is 0. The molecule has 0 aliphatic heterocycles. The molecule has 0 spiro atoms. The summed E-state index contributed by atoms with van der Waals surface area (Å²) in [6.45, 7) is 1.31. The highest BCUT2D eigenvalue weighted by atomic mass is 35.5. The minimum absolute atomic E-state index is 0. The van der Waals surface area contributed by atoms with Gasteiger partial charge in [0.2, 0.25) is 0 Å². The molecule has 1 amide bonds. The smallest absolute Gasteiger partial charge is 0.252 e. The number of rotatable bonds is 6. The number of carbonyl (C=O) groups is 1. The normalized spacial score (nSPS) is 10.6. The molecule has 0 aromatic heterocycles. The van der Waals surface area contributed by atoms with Gasteiger partial charge in [0.15, 0.2) is 9.84 Å². The van der Waals surface area contributed by atoms with Crippen molar-refractivity contribution in [3.63, 3.8) is 0 Å². The van der Waals surface area contributed by atoms with Gasteiger partial charge in [-0.25, -0.2) is 8.42 Å². The summed E-state index contributed by atoms with van der Waals surface area (Å²) in [7, 11) is -1.55. The van der Waals surface area contributed by atoms with Crippen LogP contribution in [0.4, 0.5) is 0 Å². The molecule has 1 rings (SSSR count). The van der Waals surface area contributed by atoms with Crippen molar-refractivity contribution in [2.45, 2.75) is 11.3 Å². The Morgan fingerprint density at radius 3 is 2.42 bits per heavy atom. The van der Waals surface area contributed by atoms with E-state index in [0.29, 0.717) is 6.54 Å². The van der Waals surface area contributed by atoms with E-state index in [-0.39, 0.29) is 28.8 Å². The molecule has 0 saturated heterocycles. The average molecular weight is 307 g/mol. The zero-order valence-electron chi connectivity index (χ0n) is 11.0. The highest BCUT2D eigenvalue weighted by Gasteiger charge is 2.17. The topological polar surface area (TPSA) is 75.3 Å². The third kappa shape index (κ3) is 5.59. The van der Waals surface area contributed by atoms with Gasteiger partial charge in [0.1, 0.15) is 0 Å². The number of halogens is 1. The van der Waals surface area contributed by atoms with Crippen molar-refractivity contribution in [2.24, 2.45) is 0 Å². The van der Waals surface area contributed by atoms with Gasteiger partial charge in [-0.2, -0.15) is 0 Å². The SMILES string of the molecule is CNCCCNC(=O)c1ccccc1S(C)(=O)=O.Cl. The van der Waals surface area contributed by atoms with Gasteiger partial charge in [-0.1, -0.05) is 12.1 Å². The Balaban J connectivity index is 0.00000324. The molecule has 0 radical (unpaired) electrons. The lowest BCUT2D eigenvalue weighted by molar-refractivity contribution is 0.0950. The van der Waals surface area contributed by atoms with Gasteiger partial charge in [0.25, 0.3) is 5.91 Å².